The van der Waals surface area contributed by atoms with E-state index in [0.717, 1.165) is 11.5 Å². The standard InChI is InChI=1S/C14H26N2/c1-10-9-15-12(14(6,7)8)16(10)11(2)13(3,4)5/h9,11H,1-8H3/i11D. The van der Waals surface area contributed by atoms with Crippen molar-refractivity contribution in [3.05, 3.63) is 17.7 Å². The van der Waals surface area contributed by atoms with E-state index in [1.54, 1.807) is 0 Å². The predicted octanol–water partition coefficient (Wildman–Crippen LogP) is 4.10. The van der Waals surface area contributed by atoms with Crippen LogP contribution >= 0.6 is 0 Å². The van der Waals surface area contributed by atoms with Crippen LogP contribution in [0, 0.1) is 12.3 Å². The van der Waals surface area contributed by atoms with E-state index in [2.05, 4.69) is 51.1 Å². The van der Waals surface area contributed by atoms with Gasteiger partial charge in [0.2, 0.25) is 0 Å². The SMILES string of the molecule is [2H]C(C)(n1c(C)cnc1C(C)(C)C)C(C)(C)C. The third kappa shape index (κ3) is 2.47. The summed E-state index contributed by atoms with van der Waals surface area (Å²) in [5.41, 5.74) is 0.877. The molecule has 0 aliphatic rings. The lowest BCUT2D eigenvalue weighted by Gasteiger charge is -2.33. The first kappa shape index (κ1) is 11.7. The monoisotopic (exact) mass is 223 g/mol. The van der Waals surface area contributed by atoms with Crippen LogP contribution in [-0.4, -0.2) is 9.55 Å². The van der Waals surface area contributed by atoms with Gasteiger partial charge in [0, 0.05) is 23.3 Å². The molecule has 0 bridgehead atoms. The lowest BCUT2D eigenvalue weighted by molar-refractivity contribution is 0.247. The molecule has 0 fully saturated rings. The zero-order chi connectivity index (χ0) is 13.6. The number of imidazole rings is 1. The van der Waals surface area contributed by atoms with Crippen molar-refractivity contribution in [2.75, 3.05) is 0 Å². The van der Waals surface area contributed by atoms with Crippen LogP contribution in [0.1, 0.15) is 67.4 Å². The summed E-state index contributed by atoms with van der Waals surface area (Å²) < 4.78 is 10.8. The second-order valence-electron chi connectivity index (χ2n) is 6.64. The van der Waals surface area contributed by atoms with Crippen LogP contribution in [0.5, 0.6) is 0 Å². The Labute approximate surface area is 101 Å². The third-order valence-corrected chi connectivity index (χ3v) is 3.03. The number of hydrogen-bond acceptors (Lipinski definition) is 1. The molecule has 1 atom stereocenters. The zero-order valence-electron chi connectivity index (χ0n) is 13.0. The average molecular weight is 223 g/mol. The summed E-state index contributed by atoms with van der Waals surface area (Å²) >= 11 is 0. The lowest BCUT2D eigenvalue weighted by Crippen LogP contribution is -2.28. The molecule has 2 nitrogen and oxygen atoms in total. The summed E-state index contributed by atoms with van der Waals surface area (Å²) in [5, 5.41) is 0. The van der Waals surface area contributed by atoms with E-state index in [4.69, 9.17) is 1.37 Å². The highest BCUT2D eigenvalue weighted by atomic mass is 15.1. The van der Waals surface area contributed by atoms with Gasteiger partial charge in [-0.1, -0.05) is 41.5 Å². The van der Waals surface area contributed by atoms with Gasteiger partial charge in [-0.25, -0.2) is 4.98 Å². The molecule has 1 heterocycles. The van der Waals surface area contributed by atoms with E-state index in [1.807, 2.05) is 20.0 Å². The lowest BCUT2D eigenvalue weighted by atomic mass is 9.86. The van der Waals surface area contributed by atoms with Crippen LogP contribution < -0.4 is 0 Å². The van der Waals surface area contributed by atoms with Crippen LogP contribution in [0.25, 0.3) is 0 Å². The van der Waals surface area contributed by atoms with Crippen LogP contribution in [0.2, 0.25) is 0 Å². The van der Waals surface area contributed by atoms with Crippen molar-refractivity contribution in [1.29, 1.82) is 0 Å². The van der Waals surface area contributed by atoms with Gasteiger partial charge in [0.25, 0.3) is 0 Å². The molecule has 1 aromatic rings. The summed E-state index contributed by atoms with van der Waals surface area (Å²) in [5.74, 6) is 0.988. The smallest absolute Gasteiger partial charge is 0.114 e. The first-order chi connectivity index (χ1) is 7.39. The molecule has 2 heteroatoms. The Morgan fingerprint density at radius 1 is 1.25 bits per heavy atom. The minimum absolute atomic E-state index is 0.0399. The molecule has 0 N–H and O–H groups in total. The summed E-state index contributed by atoms with van der Waals surface area (Å²) in [6.07, 6.45) is 1.87. The van der Waals surface area contributed by atoms with Crippen molar-refractivity contribution in [2.45, 2.75) is 66.8 Å². The first-order valence-corrected chi connectivity index (χ1v) is 5.94. The normalized spacial score (nSPS) is 18.1. The Hall–Kier alpha value is -0.790. The van der Waals surface area contributed by atoms with Crippen LogP contribution in [0.4, 0.5) is 0 Å². The minimum Gasteiger partial charge on any atom is -0.329 e. The number of nitrogens with zero attached hydrogens (tertiary/aromatic N) is 2. The van der Waals surface area contributed by atoms with E-state index in [9.17, 15) is 0 Å². The van der Waals surface area contributed by atoms with E-state index >= 15 is 0 Å². The zero-order valence-corrected chi connectivity index (χ0v) is 12.0. The average Bonchev–Trinajstić information content (AvgIpc) is 2.44. The van der Waals surface area contributed by atoms with Crippen molar-refractivity contribution in [1.82, 2.24) is 9.55 Å². The Balaban J connectivity index is 3.47. The summed E-state index contributed by atoms with van der Waals surface area (Å²) in [4.78, 5) is 4.51. The number of aryl methyl sites for hydroxylation is 1. The molecule has 0 aromatic carbocycles. The number of hydrogen-bond donors (Lipinski definition) is 0. The Bertz CT molecular complexity index is 403. The molecular weight excluding hydrogens is 196 g/mol. The summed E-state index contributed by atoms with van der Waals surface area (Å²) in [7, 11) is 0. The fourth-order valence-corrected chi connectivity index (χ4v) is 1.72. The highest BCUT2D eigenvalue weighted by Gasteiger charge is 2.29. The van der Waals surface area contributed by atoms with Gasteiger partial charge in [0.05, 0.1) is 1.37 Å². The molecule has 1 aromatic heterocycles. The molecule has 0 saturated heterocycles. The molecular formula is C14H26N2. The van der Waals surface area contributed by atoms with Crippen LogP contribution in [-0.2, 0) is 5.41 Å². The van der Waals surface area contributed by atoms with Gasteiger partial charge < -0.3 is 4.57 Å². The third-order valence-electron chi connectivity index (χ3n) is 3.03. The van der Waals surface area contributed by atoms with Gasteiger partial charge in [-0.05, 0) is 19.3 Å². The molecule has 1 rings (SSSR count). The van der Waals surface area contributed by atoms with Gasteiger partial charge in [0.1, 0.15) is 5.82 Å². The molecule has 0 aliphatic carbocycles. The van der Waals surface area contributed by atoms with Gasteiger partial charge in [0.15, 0.2) is 0 Å². The second-order valence-corrected chi connectivity index (χ2v) is 6.64. The van der Waals surface area contributed by atoms with Crippen LogP contribution in [0.3, 0.4) is 0 Å². The summed E-state index contributed by atoms with van der Waals surface area (Å²) in [6, 6.07) is -0.698. The van der Waals surface area contributed by atoms with Crippen molar-refractivity contribution < 1.29 is 1.37 Å². The topological polar surface area (TPSA) is 17.8 Å². The highest BCUT2D eigenvalue weighted by Crippen LogP contribution is 2.34. The van der Waals surface area contributed by atoms with Crippen molar-refractivity contribution >= 4 is 0 Å². The number of aromatic nitrogens is 2. The van der Waals surface area contributed by atoms with Gasteiger partial charge >= 0.3 is 0 Å². The largest absolute Gasteiger partial charge is 0.329 e. The predicted molar refractivity (Wildman–Crippen MR) is 69.8 cm³/mol. The Morgan fingerprint density at radius 3 is 2.12 bits per heavy atom. The minimum atomic E-state index is -0.698. The molecule has 0 saturated carbocycles. The van der Waals surface area contributed by atoms with Crippen molar-refractivity contribution in [3.63, 3.8) is 0 Å². The van der Waals surface area contributed by atoms with Crippen LogP contribution in [0.15, 0.2) is 6.20 Å². The fraction of sp³-hybridized carbons (Fsp3) is 0.786. The first-order valence-electron chi connectivity index (χ1n) is 6.44. The Morgan fingerprint density at radius 2 is 1.75 bits per heavy atom. The fourth-order valence-electron chi connectivity index (χ4n) is 1.72. The van der Waals surface area contributed by atoms with Gasteiger partial charge in [-0.3, -0.25) is 0 Å². The second kappa shape index (κ2) is 3.90. The van der Waals surface area contributed by atoms with Crippen molar-refractivity contribution in [3.8, 4) is 0 Å². The van der Waals surface area contributed by atoms with Gasteiger partial charge in [-0.2, -0.15) is 0 Å². The molecule has 0 spiro atoms. The highest BCUT2D eigenvalue weighted by molar-refractivity contribution is 5.13. The maximum atomic E-state index is 8.72. The molecule has 0 amide bonds. The molecule has 0 radical (unpaired) electrons. The maximum absolute atomic E-state index is 8.72. The van der Waals surface area contributed by atoms with Crippen molar-refractivity contribution in [2.24, 2.45) is 5.41 Å². The molecule has 1 unspecified atom stereocenters. The number of rotatable bonds is 1. The van der Waals surface area contributed by atoms with E-state index in [0.29, 0.717) is 0 Å². The molecule has 16 heavy (non-hydrogen) atoms. The van der Waals surface area contributed by atoms with Gasteiger partial charge in [-0.15, -0.1) is 0 Å². The quantitative estimate of drug-likeness (QED) is 0.701. The molecule has 92 valence electrons. The Kier molecular flexibility index (Phi) is 2.85. The van der Waals surface area contributed by atoms with E-state index in [-0.39, 0.29) is 10.8 Å². The molecule has 0 aliphatic heterocycles. The van der Waals surface area contributed by atoms with E-state index in [1.165, 1.54) is 0 Å². The van der Waals surface area contributed by atoms with E-state index < -0.39 is 6.02 Å². The summed E-state index contributed by atoms with van der Waals surface area (Å²) in [6.45, 7) is 16.7. The maximum Gasteiger partial charge on any atom is 0.114 e.